The molecule has 0 radical (unpaired) electrons. The van der Waals surface area contributed by atoms with E-state index in [0.717, 1.165) is 31.6 Å². The van der Waals surface area contributed by atoms with E-state index in [1.165, 1.54) is 0 Å². The summed E-state index contributed by atoms with van der Waals surface area (Å²) in [6, 6.07) is 0.302. The topological polar surface area (TPSA) is 50.2 Å². The standard InChI is InChI=1S/C12H20N4O/c1-9-11(8-14-16(9)3)12(17)15(2)10-5-4-6-13-7-10/h8,10,13H,4-7H2,1-3H3. The number of hydrogen-bond acceptors (Lipinski definition) is 3. The molecule has 0 bridgehead atoms. The number of piperidine rings is 1. The molecule has 1 aromatic rings. The number of hydrogen-bond donors (Lipinski definition) is 1. The van der Waals surface area contributed by atoms with Crippen LogP contribution in [0.25, 0.3) is 0 Å². The molecule has 94 valence electrons. The first-order chi connectivity index (χ1) is 8.11. The van der Waals surface area contributed by atoms with Crippen molar-refractivity contribution in [2.24, 2.45) is 7.05 Å². The van der Waals surface area contributed by atoms with E-state index in [1.54, 1.807) is 10.9 Å². The molecule has 1 atom stereocenters. The van der Waals surface area contributed by atoms with Crippen LogP contribution >= 0.6 is 0 Å². The molecule has 17 heavy (non-hydrogen) atoms. The molecule has 0 spiro atoms. The van der Waals surface area contributed by atoms with Gasteiger partial charge in [0.25, 0.3) is 5.91 Å². The van der Waals surface area contributed by atoms with E-state index in [4.69, 9.17) is 0 Å². The molecule has 5 heteroatoms. The molecule has 1 saturated heterocycles. The summed E-state index contributed by atoms with van der Waals surface area (Å²) in [5.74, 6) is 0.0734. The first-order valence-electron chi connectivity index (χ1n) is 6.07. The molecule has 1 aromatic heterocycles. The van der Waals surface area contributed by atoms with E-state index in [-0.39, 0.29) is 5.91 Å². The van der Waals surface area contributed by atoms with Gasteiger partial charge in [0.15, 0.2) is 0 Å². The van der Waals surface area contributed by atoms with Gasteiger partial charge >= 0.3 is 0 Å². The quantitative estimate of drug-likeness (QED) is 0.816. The zero-order valence-corrected chi connectivity index (χ0v) is 10.7. The first kappa shape index (κ1) is 12.1. The van der Waals surface area contributed by atoms with Crippen molar-refractivity contribution in [1.29, 1.82) is 0 Å². The third-order valence-electron chi connectivity index (χ3n) is 3.60. The predicted molar refractivity (Wildman–Crippen MR) is 65.9 cm³/mol. The molecule has 0 aliphatic carbocycles. The van der Waals surface area contributed by atoms with Gasteiger partial charge in [-0.2, -0.15) is 5.10 Å². The molecule has 1 unspecified atom stereocenters. The lowest BCUT2D eigenvalue weighted by Gasteiger charge is -2.31. The number of rotatable bonds is 2. The van der Waals surface area contributed by atoms with Crippen LogP contribution in [-0.4, -0.2) is 46.8 Å². The number of likely N-dealkylation sites (N-methyl/N-ethyl adjacent to an activating group) is 1. The molecular formula is C12H20N4O. The van der Waals surface area contributed by atoms with Gasteiger partial charge in [0.2, 0.25) is 0 Å². The minimum atomic E-state index is 0.0734. The van der Waals surface area contributed by atoms with Gasteiger partial charge in [-0.25, -0.2) is 0 Å². The molecule has 1 N–H and O–H groups in total. The van der Waals surface area contributed by atoms with Gasteiger partial charge in [0, 0.05) is 32.4 Å². The van der Waals surface area contributed by atoms with Crippen molar-refractivity contribution in [3.8, 4) is 0 Å². The van der Waals surface area contributed by atoms with Crippen molar-refractivity contribution >= 4 is 5.91 Å². The average molecular weight is 236 g/mol. The number of nitrogens with zero attached hydrogens (tertiary/aromatic N) is 3. The summed E-state index contributed by atoms with van der Waals surface area (Å²) < 4.78 is 1.74. The Bertz CT molecular complexity index is 407. The lowest BCUT2D eigenvalue weighted by atomic mass is 10.1. The summed E-state index contributed by atoms with van der Waals surface area (Å²) in [5.41, 5.74) is 1.63. The largest absolute Gasteiger partial charge is 0.337 e. The van der Waals surface area contributed by atoms with Crippen molar-refractivity contribution in [2.75, 3.05) is 20.1 Å². The average Bonchev–Trinajstić information content (AvgIpc) is 2.69. The maximum absolute atomic E-state index is 12.3. The second kappa shape index (κ2) is 4.87. The van der Waals surface area contributed by atoms with Crippen LogP contribution in [0, 0.1) is 6.92 Å². The van der Waals surface area contributed by atoms with Crippen LogP contribution in [0.5, 0.6) is 0 Å². The molecule has 1 amide bonds. The third kappa shape index (κ3) is 2.34. The number of aryl methyl sites for hydroxylation is 1. The monoisotopic (exact) mass is 236 g/mol. The Labute approximate surface area is 102 Å². The Morgan fingerprint density at radius 3 is 2.94 bits per heavy atom. The highest BCUT2D eigenvalue weighted by molar-refractivity contribution is 5.95. The summed E-state index contributed by atoms with van der Waals surface area (Å²) in [4.78, 5) is 14.2. The summed E-state index contributed by atoms with van der Waals surface area (Å²) in [6.07, 6.45) is 3.87. The maximum atomic E-state index is 12.3. The lowest BCUT2D eigenvalue weighted by molar-refractivity contribution is 0.0707. The third-order valence-corrected chi connectivity index (χ3v) is 3.60. The van der Waals surface area contributed by atoms with Crippen molar-refractivity contribution in [3.05, 3.63) is 17.5 Å². The smallest absolute Gasteiger partial charge is 0.257 e. The number of amides is 1. The summed E-state index contributed by atoms with van der Waals surface area (Å²) in [7, 11) is 3.74. The van der Waals surface area contributed by atoms with Crippen LogP contribution in [0.3, 0.4) is 0 Å². The van der Waals surface area contributed by atoms with Crippen LogP contribution in [0.1, 0.15) is 28.9 Å². The van der Waals surface area contributed by atoms with E-state index in [1.807, 2.05) is 25.9 Å². The lowest BCUT2D eigenvalue weighted by Crippen LogP contribution is -2.46. The van der Waals surface area contributed by atoms with E-state index in [0.29, 0.717) is 11.6 Å². The molecule has 2 heterocycles. The predicted octanol–water partition coefficient (Wildman–Crippen LogP) is 0.553. The number of carbonyl (C=O) groups excluding carboxylic acids is 1. The molecule has 0 saturated carbocycles. The minimum Gasteiger partial charge on any atom is -0.337 e. The normalized spacial score (nSPS) is 20.3. The van der Waals surface area contributed by atoms with Crippen molar-refractivity contribution in [3.63, 3.8) is 0 Å². The zero-order valence-electron chi connectivity index (χ0n) is 10.7. The number of nitrogens with one attached hydrogen (secondary N) is 1. The summed E-state index contributed by atoms with van der Waals surface area (Å²) >= 11 is 0. The Morgan fingerprint density at radius 2 is 2.41 bits per heavy atom. The Morgan fingerprint density at radius 1 is 1.65 bits per heavy atom. The van der Waals surface area contributed by atoms with E-state index in [2.05, 4.69) is 10.4 Å². The van der Waals surface area contributed by atoms with Crippen molar-refractivity contribution in [2.45, 2.75) is 25.8 Å². The Kier molecular flexibility index (Phi) is 3.47. The molecular weight excluding hydrogens is 216 g/mol. The highest BCUT2D eigenvalue weighted by Gasteiger charge is 2.24. The van der Waals surface area contributed by atoms with Crippen molar-refractivity contribution < 1.29 is 4.79 Å². The van der Waals surface area contributed by atoms with Crippen LogP contribution in [-0.2, 0) is 7.05 Å². The molecule has 1 aliphatic heterocycles. The molecule has 1 fully saturated rings. The maximum Gasteiger partial charge on any atom is 0.257 e. The second-order valence-corrected chi connectivity index (χ2v) is 4.68. The molecule has 2 rings (SSSR count). The van der Waals surface area contributed by atoms with Gasteiger partial charge in [0.1, 0.15) is 0 Å². The molecule has 0 aromatic carbocycles. The van der Waals surface area contributed by atoms with Gasteiger partial charge in [-0.05, 0) is 26.3 Å². The minimum absolute atomic E-state index is 0.0734. The molecule has 1 aliphatic rings. The van der Waals surface area contributed by atoms with Crippen LogP contribution < -0.4 is 5.32 Å². The summed E-state index contributed by atoms with van der Waals surface area (Å²) in [5, 5.41) is 7.45. The van der Waals surface area contributed by atoms with Gasteiger partial charge in [0.05, 0.1) is 11.8 Å². The fourth-order valence-electron chi connectivity index (χ4n) is 2.23. The number of carbonyl (C=O) groups is 1. The van der Waals surface area contributed by atoms with Crippen LogP contribution in [0.15, 0.2) is 6.20 Å². The zero-order chi connectivity index (χ0) is 12.4. The van der Waals surface area contributed by atoms with E-state index >= 15 is 0 Å². The fourth-order valence-corrected chi connectivity index (χ4v) is 2.23. The SMILES string of the molecule is Cc1c(C(=O)N(C)C2CCCNC2)cnn1C. The fraction of sp³-hybridized carbons (Fsp3) is 0.667. The van der Waals surface area contributed by atoms with E-state index in [9.17, 15) is 4.79 Å². The van der Waals surface area contributed by atoms with Crippen LogP contribution in [0.2, 0.25) is 0 Å². The molecule has 5 nitrogen and oxygen atoms in total. The Balaban J connectivity index is 2.11. The Hall–Kier alpha value is -1.36. The van der Waals surface area contributed by atoms with E-state index < -0.39 is 0 Å². The van der Waals surface area contributed by atoms with Gasteiger partial charge in [-0.3, -0.25) is 9.48 Å². The van der Waals surface area contributed by atoms with Gasteiger partial charge in [-0.1, -0.05) is 0 Å². The van der Waals surface area contributed by atoms with Gasteiger partial charge < -0.3 is 10.2 Å². The van der Waals surface area contributed by atoms with Crippen molar-refractivity contribution in [1.82, 2.24) is 20.0 Å². The highest BCUT2D eigenvalue weighted by atomic mass is 16.2. The second-order valence-electron chi connectivity index (χ2n) is 4.68. The van der Waals surface area contributed by atoms with Crippen LogP contribution in [0.4, 0.5) is 0 Å². The first-order valence-corrected chi connectivity index (χ1v) is 6.07. The summed E-state index contributed by atoms with van der Waals surface area (Å²) in [6.45, 7) is 3.87. The highest BCUT2D eigenvalue weighted by Crippen LogP contribution is 2.14. The number of aromatic nitrogens is 2. The van der Waals surface area contributed by atoms with Gasteiger partial charge in [-0.15, -0.1) is 0 Å².